The Bertz CT molecular complexity index is 2270. The van der Waals surface area contributed by atoms with Crippen molar-refractivity contribution in [2.24, 2.45) is 5.41 Å². The highest BCUT2D eigenvalue weighted by Gasteiger charge is 2.33. The molecule has 0 amide bonds. The number of nitrogens with zero attached hydrogens (tertiary/aromatic N) is 2. The molecule has 1 atom stereocenters. The van der Waals surface area contributed by atoms with E-state index in [4.69, 9.17) is 14.4 Å². The zero-order valence-electron chi connectivity index (χ0n) is 30.0. The number of fused-ring (bicyclic) bond motifs is 3. The maximum absolute atomic E-state index is 6.56. The molecule has 250 valence electrons. The Kier molecular flexibility index (Phi) is 8.18. The lowest BCUT2D eigenvalue weighted by Gasteiger charge is -2.34. The van der Waals surface area contributed by atoms with Gasteiger partial charge < -0.3 is 4.42 Å². The predicted octanol–water partition coefficient (Wildman–Crippen LogP) is 12.6. The van der Waals surface area contributed by atoms with Crippen LogP contribution in [0.1, 0.15) is 86.0 Å². The van der Waals surface area contributed by atoms with Gasteiger partial charge >= 0.3 is 0 Å². The van der Waals surface area contributed by atoms with Gasteiger partial charge in [-0.05, 0) is 121 Å². The van der Waals surface area contributed by atoms with E-state index in [0.29, 0.717) is 17.8 Å². The van der Waals surface area contributed by atoms with Gasteiger partial charge in [0.1, 0.15) is 11.2 Å². The molecule has 1 aliphatic carbocycles. The van der Waals surface area contributed by atoms with Gasteiger partial charge in [0.05, 0.1) is 11.4 Å². The summed E-state index contributed by atoms with van der Waals surface area (Å²) in [5.41, 5.74) is 13.6. The van der Waals surface area contributed by atoms with E-state index in [2.05, 4.69) is 138 Å². The van der Waals surface area contributed by atoms with E-state index in [1.54, 1.807) is 0 Å². The Labute approximate surface area is 296 Å². The van der Waals surface area contributed by atoms with E-state index in [1.165, 1.54) is 59.1 Å². The van der Waals surface area contributed by atoms with Crippen LogP contribution in [-0.2, 0) is 11.8 Å². The molecule has 3 heterocycles. The van der Waals surface area contributed by atoms with E-state index >= 15 is 0 Å². The zero-order chi connectivity index (χ0) is 34.5. The molecule has 3 heteroatoms. The molecule has 0 aliphatic heterocycles. The topological polar surface area (TPSA) is 38.9 Å². The van der Waals surface area contributed by atoms with Crippen molar-refractivity contribution in [1.82, 2.24) is 9.97 Å². The van der Waals surface area contributed by atoms with E-state index < -0.39 is 5.41 Å². The third-order valence-corrected chi connectivity index (χ3v) is 11.6. The fourth-order valence-electron chi connectivity index (χ4n) is 8.35. The Morgan fingerprint density at radius 2 is 1.48 bits per heavy atom. The Morgan fingerprint density at radius 1 is 0.740 bits per heavy atom. The summed E-state index contributed by atoms with van der Waals surface area (Å²) in [5.74, 6) is 0.635. The van der Waals surface area contributed by atoms with Gasteiger partial charge in [-0.2, -0.15) is 0 Å². The van der Waals surface area contributed by atoms with Crippen LogP contribution in [0.15, 0.2) is 126 Å². The minimum Gasteiger partial charge on any atom is -0.455 e. The number of hydrogen-bond acceptors (Lipinski definition) is 3. The Morgan fingerprint density at radius 3 is 2.24 bits per heavy atom. The van der Waals surface area contributed by atoms with Crippen molar-refractivity contribution >= 4 is 21.9 Å². The first-order valence-corrected chi connectivity index (χ1v) is 18.2. The van der Waals surface area contributed by atoms with Crippen molar-refractivity contribution in [3.05, 3.63) is 155 Å². The van der Waals surface area contributed by atoms with Gasteiger partial charge in [0.25, 0.3) is 0 Å². The molecule has 0 bridgehead atoms. The molecule has 0 spiro atoms. The number of para-hydroxylation sites is 2. The van der Waals surface area contributed by atoms with E-state index in [-0.39, 0.29) is 0 Å². The third kappa shape index (κ3) is 5.83. The Balaban J connectivity index is 1.31. The molecular weight excluding hydrogens is 609 g/mol. The monoisotopic (exact) mass is 654 g/mol. The first kappa shape index (κ1) is 32.2. The molecule has 50 heavy (non-hydrogen) atoms. The van der Waals surface area contributed by atoms with E-state index in [9.17, 15) is 0 Å². The number of furan rings is 1. The molecular formula is C47H46N2O. The molecule has 7 aromatic rings. The van der Waals surface area contributed by atoms with Gasteiger partial charge in [-0.1, -0.05) is 98.8 Å². The van der Waals surface area contributed by atoms with E-state index in [1.807, 2.05) is 18.3 Å². The fourth-order valence-corrected chi connectivity index (χ4v) is 8.35. The molecule has 1 saturated carbocycles. The number of aromatic nitrogens is 2. The standard InChI is InChI=1S/C47H46N2O/c1-31-28-34(33-23-25-46(3,4)26-24-33)21-22-36(31)40-29-41(39-18-13-17-38-37-16-9-10-19-43(37)50-45(38)39)49-42(32(40)2)30-47(5,35-14-7-6-8-15-35)44-20-11-12-27-48-44/h6-22,27-29,33H,23-26,30H2,1-5H3. The quantitative estimate of drug-likeness (QED) is 0.172. The summed E-state index contributed by atoms with van der Waals surface area (Å²) in [6.07, 6.45) is 7.71. The van der Waals surface area contributed by atoms with Crippen molar-refractivity contribution in [2.45, 2.75) is 78.1 Å². The third-order valence-electron chi connectivity index (χ3n) is 11.6. The van der Waals surface area contributed by atoms with Gasteiger partial charge in [-0.15, -0.1) is 0 Å². The van der Waals surface area contributed by atoms with E-state index in [0.717, 1.165) is 44.6 Å². The van der Waals surface area contributed by atoms with Gasteiger partial charge in [0, 0.05) is 40.1 Å². The van der Waals surface area contributed by atoms with Crippen LogP contribution in [0, 0.1) is 19.3 Å². The van der Waals surface area contributed by atoms with Crippen LogP contribution < -0.4 is 0 Å². The van der Waals surface area contributed by atoms with Crippen molar-refractivity contribution in [3.8, 4) is 22.4 Å². The first-order valence-electron chi connectivity index (χ1n) is 18.2. The van der Waals surface area contributed by atoms with Crippen LogP contribution in [0.4, 0.5) is 0 Å². The van der Waals surface area contributed by atoms with Crippen LogP contribution in [0.5, 0.6) is 0 Å². The maximum atomic E-state index is 6.56. The average molecular weight is 655 g/mol. The molecule has 0 N–H and O–H groups in total. The number of rotatable bonds is 7. The van der Waals surface area contributed by atoms with Gasteiger partial charge in [0.2, 0.25) is 0 Å². The smallest absolute Gasteiger partial charge is 0.144 e. The summed E-state index contributed by atoms with van der Waals surface area (Å²) in [6, 6.07) is 41.3. The summed E-state index contributed by atoms with van der Waals surface area (Å²) in [7, 11) is 0. The minimum absolute atomic E-state index is 0.394. The van der Waals surface area contributed by atoms with Crippen molar-refractivity contribution in [2.75, 3.05) is 0 Å². The second-order valence-corrected chi connectivity index (χ2v) is 15.5. The number of pyridine rings is 2. The van der Waals surface area contributed by atoms with Crippen molar-refractivity contribution in [3.63, 3.8) is 0 Å². The molecule has 3 aromatic heterocycles. The maximum Gasteiger partial charge on any atom is 0.144 e. The second kappa shape index (κ2) is 12.7. The van der Waals surface area contributed by atoms with Crippen LogP contribution in [-0.4, -0.2) is 9.97 Å². The zero-order valence-corrected chi connectivity index (χ0v) is 30.0. The normalized spacial score (nSPS) is 16.1. The summed E-state index contributed by atoms with van der Waals surface area (Å²) in [4.78, 5) is 10.4. The number of hydrogen-bond donors (Lipinski definition) is 0. The average Bonchev–Trinajstić information content (AvgIpc) is 3.52. The van der Waals surface area contributed by atoms with Gasteiger partial charge in [-0.25, -0.2) is 0 Å². The molecule has 1 fully saturated rings. The molecule has 4 aromatic carbocycles. The van der Waals surface area contributed by atoms with Crippen LogP contribution >= 0.6 is 0 Å². The fraction of sp³-hybridized carbons (Fsp3) is 0.277. The second-order valence-electron chi connectivity index (χ2n) is 15.5. The van der Waals surface area contributed by atoms with Crippen LogP contribution in [0.25, 0.3) is 44.3 Å². The lowest BCUT2D eigenvalue weighted by molar-refractivity contribution is 0.224. The van der Waals surface area contributed by atoms with Crippen LogP contribution in [0.2, 0.25) is 0 Å². The summed E-state index contributed by atoms with van der Waals surface area (Å²) in [6.45, 7) is 11.7. The Hall–Kier alpha value is -5.02. The molecule has 1 unspecified atom stereocenters. The predicted molar refractivity (Wildman–Crippen MR) is 208 cm³/mol. The molecule has 0 saturated heterocycles. The summed E-state index contributed by atoms with van der Waals surface area (Å²) >= 11 is 0. The molecule has 3 nitrogen and oxygen atoms in total. The molecule has 0 radical (unpaired) electrons. The number of benzene rings is 4. The van der Waals surface area contributed by atoms with Crippen molar-refractivity contribution < 1.29 is 4.42 Å². The molecule has 1 aliphatic rings. The van der Waals surface area contributed by atoms with Gasteiger partial charge in [-0.3, -0.25) is 9.97 Å². The molecule has 8 rings (SSSR count). The minimum atomic E-state index is -0.394. The SMILES string of the molecule is Cc1cc(C2CCC(C)(C)CC2)ccc1-c1cc(-c2cccc3c2oc2ccccc23)nc(CC(C)(c2ccccc2)c2ccccn2)c1C. The highest BCUT2D eigenvalue weighted by Crippen LogP contribution is 2.44. The lowest BCUT2D eigenvalue weighted by Crippen LogP contribution is -2.29. The number of aryl methyl sites for hydroxylation is 1. The summed E-state index contributed by atoms with van der Waals surface area (Å²) < 4.78 is 6.56. The highest BCUT2D eigenvalue weighted by molar-refractivity contribution is 6.09. The lowest BCUT2D eigenvalue weighted by atomic mass is 9.71. The van der Waals surface area contributed by atoms with Crippen LogP contribution in [0.3, 0.4) is 0 Å². The van der Waals surface area contributed by atoms with Crippen molar-refractivity contribution in [1.29, 1.82) is 0 Å². The van der Waals surface area contributed by atoms with Gasteiger partial charge in [0.15, 0.2) is 0 Å². The highest BCUT2D eigenvalue weighted by atomic mass is 16.3. The first-order chi connectivity index (χ1) is 24.2. The largest absolute Gasteiger partial charge is 0.455 e. The summed E-state index contributed by atoms with van der Waals surface area (Å²) in [5, 5.41) is 2.24.